The fraction of sp³-hybridized carbons (Fsp3) is 0.211. The van der Waals surface area contributed by atoms with Crippen LogP contribution in [0.4, 0.5) is 14.5 Å². The van der Waals surface area contributed by atoms with Crippen molar-refractivity contribution >= 4 is 44.3 Å². The monoisotopic (exact) mass is 726 g/mol. The van der Waals surface area contributed by atoms with Gasteiger partial charge in [-0.15, -0.1) is 0 Å². The molecule has 1 aromatic heterocycles. The van der Waals surface area contributed by atoms with Gasteiger partial charge < -0.3 is 19.5 Å². The molecule has 4 aromatic carbocycles. The van der Waals surface area contributed by atoms with Crippen LogP contribution in [0.15, 0.2) is 100 Å². The van der Waals surface area contributed by atoms with Gasteiger partial charge in [-0.25, -0.2) is 17.2 Å². The number of alkyl halides is 1. The van der Waals surface area contributed by atoms with Gasteiger partial charge in [0.05, 0.1) is 24.1 Å². The van der Waals surface area contributed by atoms with E-state index in [-0.39, 0.29) is 29.9 Å². The quantitative estimate of drug-likeness (QED) is 0.113. The molecule has 0 saturated carbocycles. The van der Waals surface area contributed by atoms with Gasteiger partial charge in [-0.3, -0.25) is 13.9 Å². The SMILES string of the molecule is CNC(=O)c1c(-c2ccc(F)cc2)oc2cc(N(CCF)S(C)(=O)=O)c(-c3cccc(C(=O)N4CCN(C(=NC#N)c5ccccc5)CC4)c3)cc12.[HH]. The van der Waals surface area contributed by atoms with Gasteiger partial charge in [0.25, 0.3) is 11.8 Å². The number of amides is 2. The van der Waals surface area contributed by atoms with Gasteiger partial charge in [0.15, 0.2) is 0 Å². The summed E-state index contributed by atoms with van der Waals surface area (Å²) in [6, 6.07) is 24.4. The first-order valence-electron chi connectivity index (χ1n) is 16.3. The summed E-state index contributed by atoms with van der Waals surface area (Å²) in [5.74, 6) is -0.589. The van der Waals surface area contributed by atoms with Crippen molar-refractivity contribution in [3.8, 4) is 28.6 Å². The highest BCUT2D eigenvalue weighted by Crippen LogP contribution is 2.42. The first-order valence-corrected chi connectivity index (χ1v) is 18.2. The summed E-state index contributed by atoms with van der Waals surface area (Å²) in [6.45, 7) is 0.108. The molecule has 0 bridgehead atoms. The number of halogens is 2. The third kappa shape index (κ3) is 7.22. The number of amidine groups is 1. The number of anilines is 1. The van der Waals surface area contributed by atoms with Crippen LogP contribution in [0.5, 0.6) is 0 Å². The molecule has 268 valence electrons. The predicted octanol–water partition coefficient (Wildman–Crippen LogP) is 5.93. The summed E-state index contributed by atoms with van der Waals surface area (Å²) < 4.78 is 60.8. The smallest absolute Gasteiger partial charge is 0.255 e. The average Bonchev–Trinajstić information content (AvgIpc) is 3.53. The predicted molar refractivity (Wildman–Crippen MR) is 197 cm³/mol. The molecule has 1 aliphatic heterocycles. The van der Waals surface area contributed by atoms with Crippen LogP contribution in [-0.2, 0) is 10.0 Å². The van der Waals surface area contributed by atoms with E-state index in [1.54, 1.807) is 35.2 Å². The minimum atomic E-state index is -4.02. The molecule has 0 unspecified atom stereocenters. The van der Waals surface area contributed by atoms with Gasteiger partial charge in [-0.2, -0.15) is 10.3 Å². The number of carbonyl (C=O) groups is 2. The lowest BCUT2D eigenvalue weighted by molar-refractivity contribution is 0.0692. The van der Waals surface area contributed by atoms with Crippen LogP contribution in [0.3, 0.4) is 0 Å². The van der Waals surface area contributed by atoms with E-state index in [2.05, 4.69) is 10.3 Å². The number of furan rings is 1. The molecule has 5 aromatic rings. The van der Waals surface area contributed by atoms with Crippen molar-refractivity contribution in [2.45, 2.75) is 0 Å². The number of piperazine rings is 1. The molecule has 14 heteroatoms. The Balaban J connectivity index is 0.00000541. The number of nitriles is 1. The average molecular weight is 727 g/mol. The fourth-order valence-electron chi connectivity index (χ4n) is 6.34. The number of sulfonamides is 1. The summed E-state index contributed by atoms with van der Waals surface area (Å²) in [4.78, 5) is 34.9. The van der Waals surface area contributed by atoms with Gasteiger partial charge >= 0.3 is 0 Å². The Bertz CT molecular complexity index is 2320. The topological polar surface area (TPSA) is 139 Å². The van der Waals surface area contributed by atoms with Gasteiger partial charge in [-0.05, 0) is 48.0 Å². The maximum absolute atomic E-state index is 13.9. The normalized spacial score (nSPS) is 13.6. The molecule has 2 heterocycles. The number of fused-ring (bicyclic) bond motifs is 1. The summed E-state index contributed by atoms with van der Waals surface area (Å²) in [6.07, 6.45) is 2.83. The molecule has 1 fully saturated rings. The first kappa shape index (κ1) is 35.7. The number of aliphatic imine (C=N–C) groups is 1. The molecule has 0 atom stereocenters. The van der Waals surface area contributed by atoms with E-state index in [9.17, 15) is 32.0 Å². The molecule has 6 rings (SSSR count). The molecule has 0 aliphatic carbocycles. The molecule has 1 saturated heterocycles. The number of nitrogens with one attached hydrogen (secondary N) is 1. The second-order valence-electron chi connectivity index (χ2n) is 12.0. The maximum Gasteiger partial charge on any atom is 0.255 e. The molecule has 2 amide bonds. The summed E-state index contributed by atoms with van der Waals surface area (Å²) in [7, 11) is -2.57. The van der Waals surface area contributed by atoms with Crippen molar-refractivity contribution in [3.63, 3.8) is 0 Å². The molecule has 0 radical (unpaired) electrons. The van der Waals surface area contributed by atoms with Crippen molar-refractivity contribution in [2.75, 3.05) is 57.0 Å². The van der Waals surface area contributed by atoms with E-state index >= 15 is 0 Å². The summed E-state index contributed by atoms with van der Waals surface area (Å²) in [5, 5.41) is 12.2. The minimum Gasteiger partial charge on any atom is -0.455 e. The van der Waals surface area contributed by atoms with Gasteiger partial charge in [0.1, 0.15) is 29.7 Å². The van der Waals surface area contributed by atoms with Gasteiger partial charge in [0, 0.05) is 68.4 Å². The molecule has 1 N–H and O–H groups in total. The number of hydrogen-bond donors (Lipinski definition) is 1. The Hall–Kier alpha value is -6.07. The lowest BCUT2D eigenvalue weighted by Crippen LogP contribution is -2.50. The molecular formula is C38H36F2N6O5S. The molecule has 0 spiro atoms. The van der Waals surface area contributed by atoms with E-state index in [4.69, 9.17) is 4.42 Å². The van der Waals surface area contributed by atoms with Crippen molar-refractivity contribution in [3.05, 3.63) is 114 Å². The third-order valence-corrected chi connectivity index (χ3v) is 9.98. The second-order valence-corrected chi connectivity index (χ2v) is 14.0. The zero-order valence-corrected chi connectivity index (χ0v) is 29.2. The highest BCUT2D eigenvalue weighted by Gasteiger charge is 2.29. The van der Waals surface area contributed by atoms with Crippen molar-refractivity contribution in [2.24, 2.45) is 4.99 Å². The summed E-state index contributed by atoms with van der Waals surface area (Å²) in [5.41, 5.74) is 2.63. The highest BCUT2D eigenvalue weighted by molar-refractivity contribution is 7.92. The number of carbonyl (C=O) groups excluding carboxylic acids is 2. The van der Waals surface area contributed by atoms with E-state index < -0.39 is 35.0 Å². The molecular weight excluding hydrogens is 691 g/mol. The second kappa shape index (κ2) is 15.0. The van der Waals surface area contributed by atoms with E-state index in [0.29, 0.717) is 59.7 Å². The standard InChI is InChI=1S/C38H34F2N6O5S.H2/c1-42-37(47)34-31-22-30(32(46(16-15-39)52(2,49)50)23-33(31)51-35(34)25-11-13-29(40)14-12-25)27-9-6-10-28(21-27)38(48)45-19-17-44(18-20-45)36(43-24-41)26-7-4-3-5-8-26;/h3-14,21-23H,15-20H2,1-2H3,(H,42,47);1H. The van der Waals surface area contributed by atoms with Crippen molar-refractivity contribution in [1.82, 2.24) is 15.1 Å². The zero-order chi connectivity index (χ0) is 37.0. The summed E-state index contributed by atoms with van der Waals surface area (Å²) >= 11 is 0. The zero-order valence-electron chi connectivity index (χ0n) is 28.3. The Morgan fingerprint density at radius 2 is 1.62 bits per heavy atom. The Morgan fingerprint density at radius 1 is 0.942 bits per heavy atom. The Labute approximate surface area is 300 Å². The lowest BCUT2D eigenvalue weighted by Gasteiger charge is -2.36. The van der Waals surface area contributed by atoms with Crippen LogP contribution in [0.2, 0.25) is 0 Å². The van der Waals surface area contributed by atoms with Crippen LogP contribution in [-0.4, -0.2) is 88.6 Å². The number of benzene rings is 4. The lowest BCUT2D eigenvalue weighted by atomic mass is 9.97. The van der Waals surface area contributed by atoms with E-state index in [0.717, 1.165) is 16.1 Å². The Kier molecular flexibility index (Phi) is 10.3. The fourth-order valence-corrected chi connectivity index (χ4v) is 7.25. The van der Waals surface area contributed by atoms with Crippen molar-refractivity contribution < 1.29 is 32.6 Å². The number of hydrogen-bond acceptors (Lipinski definition) is 7. The van der Waals surface area contributed by atoms with Crippen LogP contribution >= 0.6 is 0 Å². The molecule has 52 heavy (non-hydrogen) atoms. The minimum absolute atomic E-state index is 0. The largest absolute Gasteiger partial charge is 0.455 e. The maximum atomic E-state index is 13.9. The highest BCUT2D eigenvalue weighted by atomic mass is 32.2. The number of rotatable bonds is 9. The van der Waals surface area contributed by atoms with Crippen LogP contribution in [0, 0.1) is 17.3 Å². The third-order valence-electron chi connectivity index (χ3n) is 8.80. The van der Waals surface area contributed by atoms with Crippen LogP contribution in [0.1, 0.15) is 27.7 Å². The number of nitrogens with zero attached hydrogens (tertiary/aromatic N) is 5. The van der Waals surface area contributed by atoms with Crippen LogP contribution in [0.25, 0.3) is 33.4 Å². The first-order chi connectivity index (χ1) is 25.0. The molecule has 11 nitrogen and oxygen atoms in total. The van der Waals surface area contributed by atoms with Crippen molar-refractivity contribution in [1.29, 1.82) is 5.26 Å². The van der Waals surface area contributed by atoms with Gasteiger partial charge in [-0.1, -0.05) is 42.5 Å². The molecule has 1 aliphatic rings. The van der Waals surface area contributed by atoms with Gasteiger partial charge in [0.2, 0.25) is 16.2 Å². The van der Waals surface area contributed by atoms with E-state index in [1.165, 1.54) is 37.4 Å². The van der Waals surface area contributed by atoms with Crippen LogP contribution < -0.4 is 9.62 Å². The Morgan fingerprint density at radius 3 is 2.25 bits per heavy atom. The van der Waals surface area contributed by atoms with E-state index in [1.807, 2.05) is 41.4 Å².